The Balaban J connectivity index is 1.25. The number of thiocarbonyl (C=S) groups is 1. The van der Waals surface area contributed by atoms with E-state index >= 15 is 0 Å². The van der Waals surface area contributed by atoms with Gasteiger partial charge in [-0.25, -0.2) is 15.0 Å². The van der Waals surface area contributed by atoms with Crippen LogP contribution in [0.1, 0.15) is 21.5 Å². The minimum atomic E-state index is 0.0651. The van der Waals surface area contributed by atoms with Gasteiger partial charge < -0.3 is 35.4 Å². The zero-order valence-corrected chi connectivity index (χ0v) is 24.2. The fourth-order valence-electron chi connectivity index (χ4n) is 5.36. The van der Waals surface area contributed by atoms with Crippen LogP contribution >= 0.6 is 12.2 Å². The highest BCUT2D eigenvalue weighted by Gasteiger charge is 2.31. The third-order valence-corrected chi connectivity index (χ3v) is 8.13. The second kappa shape index (κ2) is 11.5. The largest absolute Gasteiger partial charge is 0.378 e. The molecule has 5 heterocycles. The van der Waals surface area contributed by atoms with Gasteiger partial charge in [0.2, 0.25) is 11.9 Å². The highest BCUT2D eigenvalue weighted by Crippen LogP contribution is 2.36. The molecule has 3 aliphatic heterocycles. The van der Waals surface area contributed by atoms with Crippen molar-refractivity contribution in [2.24, 2.45) is 0 Å². The Morgan fingerprint density at radius 3 is 2.46 bits per heavy atom. The number of aromatic nitrogens is 4. The first-order valence-electron chi connectivity index (χ1n) is 13.9. The van der Waals surface area contributed by atoms with Crippen LogP contribution in [-0.4, -0.2) is 107 Å². The second-order valence-electron chi connectivity index (χ2n) is 10.6. The highest BCUT2D eigenvalue weighted by atomic mass is 32.1. The first kappa shape index (κ1) is 27.2. The lowest BCUT2D eigenvalue weighted by molar-refractivity contribution is 0.0664. The number of hydrogen-bond acceptors (Lipinski definition) is 10. The molecule has 0 atom stereocenters. The van der Waals surface area contributed by atoms with Gasteiger partial charge >= 0.3 is 0 Å². The van der Waals surface area contributed by atoms with E-state index in [1.165, 1.54) is 0 Å². The molecule has 12 nitrogen and oxygen atoms in total. The zero-order chi connectivity index (χ0) is 28.5. The fraction of sp³-hybridized carbons (Fsp3) is 0.429. The molecule has 0 spiro atoms. The van der Waals surface area contributed by atoms with Crippen LogP contribution in [0.15, 0.2) is 30.6 Å². The molecule has 3 N–H and O–H groups in total. The fourth-order valence-corrected chi connectivity index (χ4v) is 5.64. The van der Waals surface area contributed by atoms with Gasteiger partial charge in [0.15, 0.2) is 5.11 Å². The van der Waals surface area contributed by atoms with Gasteiger partial charge in [0, 0.05) is 80.6 Å². The predicted octanol–water partition coefficient (Wildman–Crippen LogP) is 1.81. The van der Waals surface area contributed by atoms with Crippen LogP contribution < -0.4 is 20.9 Å². The number of carbonyl (C=O) groups is 1. The van der Waals surface area contributed by atoms with Gasteiger partial charge in [-0.2, -0.15) is 4.98 Å². The molecule has 13 heteroatoms. The number of nitrogen functional groups attached to an aromatic ring is 1. The normalized spacial score (nSPS) is 17.5. The molecule has 2 fully saturated rings. The molecule has 0 aliphatic carbocycles. The van der Waals surface area contributed by atoms with E-state index in [9.17, 15) is 4.79 Å². The number of aryl methyl sites for hydroxylation is 1. The minimum absolute atomic E-state index is 0.0651. The summed E-state index contributed by atoms with van der Waals surface area (Å²) in [6.45, 7) is 8.56. The van der Waals surface area contributed by atoms with Crippen LogP contribution in [0.4, 0.5) is 23.4 Å². The Kier molecular flexibility index (Phi) is 7.65. The van der Waals surface area contributed by atoms with Gasteiger partial charge in [0.1, 0.15) is 5.82 Å². The molecule has 0 unspecified atom stereocenters. The SMILES string of the molecule is Cc1cc(C(=O)N2CCN(C)CC2)ccc1NC(=S)N1CCc2c(-c3cnc(N)nc3)nc(N3CCOCC3)nc21. The maximum atomic E-state index is 13.1. The summed E-state index contributed by atoms with van der Waals surface area (Å²) in [6.07, 6.45) is 4.11. The topological polar surface area (TPSA) is 129 Å². The highest BCUT2D eigenvalue weighted by molar-refractivity contribution is 7.80. The van der Waals surface area contributed by atoms with E-state index in [4.69, 9.17) is 32.7 Å². The van der Waals surface area contributed by atoms with Crippen molar-refractivity contribution in [3.8, 4) is 11.3 Å². The summed E-state index contributed by atoms with van der Waals surface area (Å²) in [4.78, 5) is 39.7. The number of anilines is 4. The number of nitrogens with two attached hydrogens (primary N) is 1. The van der Waals surface area contributed by atoms with E-state index < -0.39 is 0 Å². The van der Waals surface area contributed by atoms with E-state index in [-0.39, 0.29) is 11.9 Å². The summed E-state index contributed by atoms with van der Waals surface area (Å²) in [6, 6.07) is 5.73. The van der Waals surface area contributed by atoms with Gasteiger partial charge in [0.25, 0.3) is 5.91 Å². The average molecular weight is 575 g/mol. The number of carbonyl (C=O) groups excluding carboxylic acids is 1. The first-order valence-corrected chi connectivity index (χ1v) is 14.3. The Labute approximate surface area is 244 Å². The number of rotatable bonds is 4. The lowest BCUT2D eigenvalue weighted by Gasteiger charge is -2.32. The molecule has 0 bridgehead atoms. The number of amides is 1. The number of morpholine rings is 1. The molecule has 3 aromatic rings. The van der Waals surface area contributed by atoms with Crippen molar-refractivity contribution in [2.75, 3.05) is 86.9 Å². The Morgan fingerprint density at radius 2 is 1.76 bits per heavy atom. The van der Waals surface area contributed by atoms with E-state index in [1.54, 1.807) is 12.4 Å². The van der Waals surface area contributed by atoms with Crippen molar-refractivity contribution < 1.29 is 9.53 Å². The maximum Gasteiger partial charge on any atom is 0.253 e. The quantitative estimate of drug-likeness (QED) is 0.441. The van der Waals surface area contributed by atoms with Crippen LogP contribution in [0, 0.1) is 6.92 Å². The minimum Gasteiger partial charge on any atom is -0.378 e. The molecule has 1 amide bonds. The number of piperazine rings is 1. The lowest BCUT2D eigenvalue weighted by atomic mass is 10.1. The summed E-state index contributed by atoms with van der Waals surface area (Å²) in [5, 5.41) is 3.94. The van der Waals surface area contributed by atoms with Crippen molar-refractivity contribution >= 4 is 46.6 Å². The van der Waals surface area contributed by atoms with Crippen LogP contribution in [0.5, 0.6) is 0 Å². The van der Waals surface area contributed by atoms with Crippen LogP contribution in [0.25, 0.3) is 11.3 Å². The Hall–Kier alpha value is -3.94. The van der Waals surface area contributed by atoms with E-state index in [2.05, 4.69) is 32.1 Å². The van der Waals surface area contributed by atoms with E-state index in [0.717, 1.165) is 66.5 Å². The maximum absolute atomic E-state index is 13.1. The molecule has 1 aromatic carbocycles. The number of nitrogens with one attached hydrogen (secondary N) is 1. The van der Waals surface area contributed by atoms with Gasteiger partial charge in [0.05, 0.1) is 18.9 Å². The number of fused-ring (bicyclic) bond motifs is 1. The number of nitrogens with zero attached hydrogens (tertiary/aromatic N) is 8. The standard InChI is InChI=1S/C28H34N10O2S/c1-18-15-19(25(39)36-9-7-35(2)8-10-36)3-4-22(18)32-28(41)38-6-5-21-23(20-16-30-26(29)31-17-20)33-27(34-24(21)38)37-11-13-40-14-12-37/h3-4,15-17H,5-14H2,1-2H3,(H,32,41)(H2,29,30,31). The Bertz CT molecular complexity index is 1450. The van der Waals surface area contributed by atoms with Crippen molar-refractivity contribution in [3.63, 3.8) is 0 Å². The third kappa shape index (κ3) is 5.65. The zero-order valence-electron chi connectivity index (χ0n) is 23.3. The molecule has 0 radical (unpaired) electrons. The number of benzene rings is 1. The number of ether oxygens (including phenoxy) is 1. The average Bonchev–Trinajstić information content (AvgIpc) is 3.43. The first-order chi connectivity index (χ1) is 19.9. The summed E-state index contributed by atoms with van der Waals surface area (Å²) < 4.78 is 5.54. The summed E-state index contributed by atoms with van der Waals surface area (Å²) in [7, 11) is 2.08. The molecule has 6 rings (SSSR count). The van der Waals surface area contributed by atoms with Crippen LogP contribution in [-0.2, 0) is 11.2 Å². The lowest BCUT2D eigenvalue weighted by Crippen LogP contribution is -2.47. The number of likely N-dealkylation sites (N-methyl/N-ethyl adjacent to an activating group) is 1. The third-order valence-electron chi connectivity index (χ3n) is 7.80. The smallest absolute Gasteiger partial charge is 0.253 e. The second-order valence-corrected chi connectivity index (χ2v) is 10.9. The number of hydrogen-bond donors (Lipinski definition) is 2. The van der Waals surface area contributed by atoms with Crippen molar-refractivity contribution in [2.45, 2.75) is 13.3 Å². The summed E-state index contributed by atoms with van der Waals surface area (Å²) in [5.41, 5.74) is 10.8. The van der Waals surface area contributed by atoms with Crippen LogP contribution in [0.3, 0.4) is 0 Å². The molecule has 2 aromatic heterocycles. The molecule has 0 saturated carbocycles. The Morgan fingerprint density at radius 1 is 1.02 bits per heavy atom. The molecular weight excluding hydrogens is 540 g/mol. The van der Waals surface area contributed by atoms with Crippen molar-refractivity contribution in [3.05, 3.63) is 47.3 Å². The van der Waals surface area contributed by atoms with Gasteiger partial charge in [-0.1, -0.05) is 0 Å². The van der Waals surface area contributed by atoms with E-state index in [1.807, 2.05) is 34.9 Å². The molecule has 2 saturated heterocycles. The summed E-state index contributed by atoms with van der Waals surface area (Å²) in [5.74, 6) is 1.67. The molecule has 41 heavy (non-hydrogen) atoms. The van der Waals surface area contributed by atoms with Gasteiger partial charge in [-0.3, -0.25) is 4.79 Å². The van der Waals surface area contributed by atoms with Crippen LogP contribution in [0.2, 0.25) is 0 Å². The molecule has 214 valence electrons. The van der Waals surface area contributed by atoms with Gasteiger partial charge in [-0.15, -0.1) is 0 Å². The van der Waals surface area contributed by atoms with Crippen molar-refractivity contribution in [1.82, 2.24) is 29.7 Å². The van der Waals surface area contributed by atoms with Gasteiger partial charge in [-0.05, 0) is 56.4 Å². The molecular formula is C28H34N10O2S. The van der Waals surface area contributed by atoms with E-state index in [0.29, 0.717) is 49.5 Å². The summed E-state index contributed by atoms with van der Waals surface area (Å²) >= 11 is 5.91. The molecule has 3 aliphatic rings. The van der Waals surface area contributed by atoms with Crippen molar-refractivity contribution in [1.29, 1.82) is 0 Å². The monoisotopic (exact) mass is 574 g/mol. The predicted molar refractivity (Wildman–Crippen MR) is 162 cm³/mol.